The highest BCUT2D eigenvalue weighted by molar-refractivity contribution is 6.31. The fourth-order valence-corrected chi connectivity index (χ4v) is 8.81. The fourth-order valence-electron chi connectivity index (χ4n) is 7.83. The van der Waals surface area contributed by atoms with Crippen LogP contribution >= 0.6 is 23.2 Å². The van der Waals surface area contributed by atoms with E-state index < -0.39 is 11.7 Å². The second-order valence-corrected chi connectivity index (χ2v) is 12.7. The third kappa shape index (κ3) is 3.80. The Morgan fingerprint density at radius 1 is 1.20 bits per heavy atom. The van der Waals surface area contributed by atoms with Crippen molar-refractivity contribution in [2.45, 2.75) is 69.0 Å². The Morgan fingerprint density at radius 2 is 2.00 bits per heavy atom. The fraction of sp³-hybridized carbons (Fsp3) is 0.560. The molecule has 4 unspecified atom stereocenters. The van der Waals surface area contributed by atoms with Crippen LogP contribution in [0.4, 0.5) is 9.18 Å². The van der Waals surface area contributed by atoms with E-state index in [1.54, 1.807) is 9.58 Å². The summed E-state index contributed by atoms with van der Waals surface area (Å²) >= 11 is 13.0. The molecule has 4 atom stereocenters. The maximum absolute atomic E-state index is 13.7. The van der Waals surface area contributed by atoms with Gasteiger partial charge in [0.15, 0.2) is 0 Å². The molecule has 2 heterocycles. The summed E-state index contributed by atoms with van der Waals surface area (Å²) in [6, 6.07) is 4.03. The van der Waals surface area contributed by atoms with E-state index in [2.05, 4.69) is 17.3 Å². The molecule has 7 rings (SSSR count). The minimum absolute atomic E-state index is 0.0637. The van der Waals surface area contributed by atoms with Crippen LogP contribution in [-0.4, -0.2) is 43.6 Å². The van der Waals surface area contributed by atoms with Gasteiger partial charge >= 0.3 is 6.03 Å². The maximum Gasteiger partial charge on any atom is 0.318 e. The molecule has 10 heteroatoms. The number of nitrogens with zero attached hydrogens (tertiary/aromatic N) is 3. The molecule has 0 saturated heterocycles. The molecule has 3 amide bonds. The van der Waals surface area contributed by atoms with Crippen molar-refractivity contribution in [1.29, 1.82) is 0 Å². The van der Waals surface area contributed by atoms with E-state index >= 15 is 0 Å². The molecular weight excluding hydrogens is 492 g/mol. The quantitative estimate of drug-likeness (QED) is 0.576. The van der Waals surface area contributed by atoms with Gasteiger partial charge in [0, 0.05) is 22.5 Å². The average molecular weight is 520 g/mol. The van der Waals surface area contributed by atoms with E-state index in [4.69, 9.17) is 28.9 Å². The number of amides is 3. The monoisotopic (exact) mass is 519 g/mol. The number of halogens is 3. The zero-order chi connectivity index (χ0) is 24.8. The number of nitrogens with two attached hydrogens (primary N) is 1. The first-order valence-electron chi connectivity index (χ1n) is 12.1. The number of hydrogen-bond acceptors (Lipinski definition) is 3. The Bertz CT molecular complexity index is 1240. The molecule has 4 bridgehead atoms. The van der Waals surface area contributed by atoms with Crippen molar-refractivity contribution < 1.29 is 14.0 Å². The van der Waals surface area contributed by atoms with Gasteiger partial charge in [-0.05, 0) is 68.1 Å². The third-order valence-corrected chi connectivity index (χ3v) is 9.07. The molecule has 5 aliphatic rings. The summed E-state index contributed by atoms with van der Waals surface area (Å²) in [6.45, 7) is 3.38. The van der Waals surface area contributed by atoms with Crippen molar-refractivity contribution >= 4 is 35.1 Å². The number of primary amides is 1. The SMILES string of the molecule is CC12CC3CC(Cl)(C1)CC(NC(=O)N1CCn4nc(-c5ccc(F)c(Cl)c5)c(C(N)=O)c4C1)(C3)C2. The number of benzene rings is 1. The summed E-state index contributed by atoms with van der Waals surface area (Å²) in [7, 11) is 0. The van der Waals surface area contributed by atoms with Crippen molar-refractivity contribution in [3.05, 3.63) is 40.3 Å². The summed E-state index contributed by atoms with van der Waals surface area (Å²) in [4.78, 5) is 27.4. The molecule has 0 radical (unpaired) electrons. The molecular formula is C25H28Cl2FN5O2. The Morgan fingerprint density at radius 3 is 2.69 bits per heavy atom. The maximum atomic E-state index is 13.7. The van der Waals surface area contributed by atoms with Crippen molar-refractivity contribution in [3.63, 3.8) is 0 Å². The molecule has 3 N–H and O–H groups in total. The Balaban J connectivity index is 1.27. The van der Waals surface area contributed by atoms with Crippen LogP contribution < -0.4 is 11.1 Å². The number of aromatic nitrogens is 2. The van der Waals surface area contributed by atoms with Crippen molar-refractivity contribution in [2.24, 2.45) is 17.1 Å². The van der Waals surface area contributed by atoms with Crippen LogP contribution in [0.15, 0.2) is 18.2 Å². The zero-order valence-corrected chi connectivity index (χ0v) is 21.1. The van der Waals surface area contributed by atoms with E-state index in [9.17, 15) is 14.0 Å². The van der Waals surface area contributed by atoms with E-state index in [-0.39, 0.29) is 39.0 Å². The normalized spacial score (nSPS) is 33.0. The van der Waals surface area contributed by atoms with Crippen molar-refractivity contribution in [3.8, 4) is 11.3 Å². The summed E-state index contributed by atoms with van der Waals surface area (Å²) < 4.78 is 15.4. The molecule has 7 nitrogen and oxygen atoms in total. The van der Waals surface area contributed by atoms with E-state index in [0.717, 1.165) is 32.1 Å². The van der Waals surface area contributed by atoms with Crippen LogP contribution in [0.1, 0.15) is 61.5 Å². The predicted molar refractivity (Wildman–Crippen MR) is 131 cm³/mol. The molecule has 4 saturated carbocycles. The van der Waals surface area contributed by atoms with Gasteiger partial charge in [0.05, 0.1) is 29.4 Å². The lowest BCUT2D eigenvalue weighted by Crippen LogP contribution is -2.67. The third-order valence-electron chi connectivity index (χ3n) is 8.36. The van der Waals surface area contributed by atoms with Gasteiger partial charge < -0.3 is 16.0 Å². The van der Waals surface area contributed by atoms with Gasteiger partial charge in [0.25, 0.3) is 5.91 Å². The molecule has 0 spiro atoms. The van der Waals surface area contributed by atoms with Gasteiger partial charge in [0.2, 0.25) is 0 Å². The van der Waals surface area contributed by atoms with Crippen molar-refractivity contribution in [2.75, 3.05) is 6.54 Å². The van der Waals surface area contributed by atoms with E-state index in [0.29, 0.717) is 36.0 Å². The Hall–Kier alpha value is -2.32. The zero-order valence-electron chi connectivity index (χ0n) is 19.5. The number of hydrogen-bond donors (Lipinski definition) is 2. The predicted octanol–water partition coefficient (Wildman–Crippen LogP) is 4.69. The lowest BCUT2D eigenvalue weighted by Gasteiger charge is -2.64. The number of urea groups is 1. The van der Waals surface area contributed by atoms with Gasteiger partial charge in [0.1, 0.15) is 11.5 Å². The van der Waals surface area contributed by atoms with E-state index in [1.165, 1.54) is 24.6 Å². The lowest BCUT2D eigenvalue weighted by molar-refractivity contribution is -0.0564. The molecule has 4 fully saturated rings. The van der Waals surface area contributed by atoms with Crippen molar-refractivity contribution in [1.82, 2.24) is 20.0 Å². The minimum atomic E-state index is -0.651. The molecule has 1 aliphatic heterocycles. The molecule has 1 aromatic carbocycles. The van der Waals surface area contributed by atoms with Gasteiger partial charge in [-0.3, -0.25) is 9.48 Å². The number of carbonyl (C=O) groups is 2. The largest absolute Gasteiger partial charge is 0.365 e. The van der Waals surface area contributed by atoms with Crippen LogP contribution in [0.2, 0.25) is 5.02 Å². The highest BCUT2D eigenvalue weighted by Gasteiger charge is 2.62. The van der Waals surface area contributed by atoms with Crippen LogP contribution in [0.25, 0.3) is 11.3 Å². The van der Waals surface area contributed by atoms with Crippen LogP contribution in [-0.2, 0) is 13.1 Å². The number of rotatable bonds is 3. The van der Waals surface area contributed by atoms with Crippen LogP contribution in [0.5, 0.6) is 0 Å². The molecule has 35 heavy (non-hydrogen) atoms. The molecule has 4 aliphatic carbocycles. The Kier molecular flexibility index (Phi) is 5.01. The van der Waals surface area contributed by atoms with Gasteiger partial charge in [-0.2, -0.15) is 5.10 Å². The lowest BCUT2D eigenvalue weighted by atomic mass is 9.47. The second-order valence-electron chi connectivity index (χ2n) is 11.5. The number of alkyl halides is 1. The first kappa shape index (κ1) is 23.1. The molecule has 2 aromatic rings. The summed E-state index contributed by atoms with van der Waals surface area (Å²) in [5.41, 5.74) is 7.26. The standard InChI is InChI=1S/C25H28Cl2FN5O2/c1-23-7-14-8-24(27,11-23)13-25(9-14,12-23)30-22(35)32-4-5-33-18(10-32)19(21(29)34)20(31-33)15-2-3-17(28)16(26)6-15/h2-3,6,14H,4-5,7-13H2,1H3,(H2,29,34)(H,30,35). The first-order chi connectivity index (χ1) is 16.5. The second kappa shape index (κ2) is 7.59. The smallest absolute Gasteiger partial charge is 0.318 e. The highest BCUT2D eigenvalue weighted by atomic mass is 35.5. The van der Waals surface area contributed by atoms with Gasteiger partial charge in [-0.15, -0.1) is 11.6 Å². The Labute approximate surface area is 213 Å². The van der Waals surface area contributed by atoms with E-state index in [1.807, 2.05) is 0 Å². The number of nitrogens with one attached hydrogen (secondary N) is 1. The average Bonchev–Trinajstić information content (AvgIpc) is 3.11. The molecule has 186 valence electrons. The highest BCUT2D eigenvalue weighted by Crippen LogP contribution is 2.65. The molecule has 1 aromatic heterocycles. The van der Waals surface area contributed by atoms with Crippen LogP contribution in [0.3, 0.4) is 0 Å². The summed E-state index contributed by atoms with van der Waals surface area (Å²) in [5.74, 6) is -0.662. The first-order valence-corrected chi connectivity index (χ1v) is 12.8. The van der Waals surface area contributed by atoms with Gasteiger partial charge in [-0.25, -0.2) is 9.18 Å². The number of fused-ring (bicyclic) bond motifs is 1. The summed E-state index contributed by atoms with van der Waals surface area (Å²) in [6.07, 6.45) is 5.94. The summed E-state index contributed by atoms with van der Waals surface area (Å²) in [5, 5.41) is 7.87. The topological polar surface area (TPSA) is 93.2 Å². The minimum Gasteiger partial charge on any atom is -0.365 e. The van der Waals surface area contributed by atoms with Crippen LogP contribution in [0, 0.1) is 17.2 Å². The number of carbonyl (C=O) groups excluding carboxylic acids is 2. The van der Waals surface area contributed by atoms with Gasteiger partial charge in [-0.1, -0.05) is 18.5 Å².